The number of aliphatic carboxylic acids is 1. The quantitative estimate of drug-likeness (QED) is 0.605. The van der Waals surface area contributed by atoms with Crippen LogP contribution >= 0.6 is 11.6 Å². The fourth-order valence-corrected chi connectivity index (χ4v) is 4.35. The number of hydrogen-bond donors (Lipinski definition) is 0. The summed E-state index contributed by atoms with van der Waals surface area (Å²) >= 11 is 5.95. The number of hydrogen-bond acceptors (Lipinski definition) is 2. The van der Waals surface area contributed by atoms with Gasteiger partial charge in [0.05, 0.1) is 5.52 Å². The average molecular weight is 412 g/mol. The normalized spacial score (nSPS) is 15.9. The Kier molecular flexibility index (Phi) is 6.50. The number of carboxylic acids is 1. The summed E-state index contributed by atoms with van der Waals surface area (Å²) in [6.45, 7) is 0.356. The molecule has 28 heavy (non-hydrogen) atoms. The predicted molar refractivity (Wildman–Crippen MR) is 97.7 cm³/mol. The Morgan fingerprint density at radius 2 is 1.93 bits per heavy atom. The Bertz CT molecular complexity index is 1030. The zero-order valence-electron chi connectivity index (χ0n) is 15.5. The van der Waals surface area contributed by atoms with Crippen LogP contribution in [0.4, 0.5) is 8.78 Å². The maximum atomic E-state index is 14.7. The van der Waals surface area contributed by atoms with Gasteiger partial charge < -0.3 is 14.5 Å². The first-order valence-corrected chi connectivity index (χ1v) is 9.26. The number of aryl methyl sites for hydroxylation is 1. The van der Waals surface area contributed by atoms with E-state index in [-0.39, 0.29) is 41.9 Å². The van der Waals surface area contributed by atoms with E-state index in [0.717, 1.165) is 29.3 Å². The van der Waals surface area contributed by atoms with Crippen molar-refractivity contribution in [1.29, 1.82) is 0 Å². The fraction of sp³-hybridized carbons (Fsp3) is 0.286. The SMILES string of the molecule is O=C([O-])C[C@@H]1CCCc2c1n(Cc1ccc(Cl)cc1)c1c(F)cc(F)cc21.[Na+]. The van der Waals surface area contributed by atoms with E-state index in [4.69, 9.17) is 11.6 Å². The van der Waals surface area contributed by atoms with Crippen LogP contribution in [-0.4, -0.2) is 10.5 Å². The zero-order valence-corrected chi connectivity index (χ0v) is 18.2. The van der Waals surface area contributed by atoms with Crippen LogP contribution in [0.2, 0.25) is 5.02 Å². The van der Waals surface area contributed by atoms with Crippen LogP contribution < -0.4 is 34.7 Å². The van der Waals surface area contributed by atoms with E-state index in [1.165, 1.54) is 6.07 Å². The topological polar surface area (TPSA) is 45.1 Å². The molecule has 0 spiro atoms. The number of halogens is 3. The van der Waals surface area contributed by atoms with Gasteiger partial charge in [-0.1, -0.05) is 23.7 Å². The van der Waals surface area contributed by atoms with Gasteiger partial charge >= 0.3 is 29.6 Å². The van der Waals surface area contributed by atoms with Gasteiger partial charge in [-0.25, -0.2) is 8.78 Å². The van der Waals surface area contributed by atoms with Crippen LogP contribution in [-0.2, 0) is 17.8 Å². The van der Waals surface area contributed by atoms with Crippen LogP contribution in [0.15, 0.2) is 36.4 Å². The second-order valence-electron chi connectivity index (χ2n) is 7.03. The minimum atomic E-state index is -1.14. The Hall–Kier alpha value is -1.40. The third-order valence-corrected chi connectivity index (χ3v) is 5.51. The van der Waals surface area contributed by atoms with Crippen molar-refractivity contribution in [2.24, 2.45) is 0 Å². The van der Waals surface area contributed by atoms with Crippen molar-refractivity contribution in [2.45, 2.75) is 38.1 Å². The first-order chi connectivity index (χ1) is 12.9. The summed E-state index contributed by atoms with van der Waals surface area (Å²) in [5.41, 5.74) is 2.84. The van der Waals surface area contributed by atoms with Crippen molar-refractivity contribution in [1.82, 2.24) is 4.57 Å². The minimum Gasteiger partial charge on any atom is -0.550 e. The largest absolute Gasteiger partial charge is 1.00 e. The van der Waals surface area contributed by atoms with E-state index < -0.39 is 17.6 Å². The summed E-state index contributed by atoms with van der Waals surface area (Å²) in [6, 6.07) is 9.42. The van der Waals surface area contributed by atoms with Crippen LogP contribution in [0, 0.1) is 11.6 Å². The van der Waals surface area contributed by atoms with Gasteiger partial charge in [0.25, 0.3) is 0 Å². The van der Waals surface area contributed by atoms with Crippen molar-refractivity contribution in [2.75, 3.05) is 0 Å². The van der Waals surface area contributed by atoms with E-state index in [2.05, 4.69) is 0 Å². The van der Waals surface area contributed by atoms with E-state index in [1.54, 1.807) is 16.7 Å². The van der Waals surface area contributed by atoms with E-state index in [9.17, 15) is 18.7 Å². The van der Waals surface area contributed by atoms with Crippen molar-refractivity contribution in [3.8, 4) is 0 Å². The second kappa shape index (κ2) is 8.54. The summed E-state index contributed by atoms with van der Waals surface area (Å²) in [4.78, 5) is 11.3. The predicted octanol–water partition coefficient (Wildman–Crippen LogP) is 1.19. The number of carboxylic acid groups (broad SMARTS) is 1. The fourth-order valence-electron chi connectivity index (χ4n) is 4.22. The molecule has 1 aliphatic carbocycles. The van der Waals surface area contributed by atoms with Crippen LogP contribution in [0.1, 0.15) is 42.0 Å². The van der Waals surface area contributed by atoms with Gasteiger partial charge in [0.1, 0.15) is 11.6 Å². The Morgan fingerprint density at radius 1 is 1.21 bits per heavy atom. The zero-order chi connectivity index (χ0) is 19.1. The number of nitrogens with zero attached hydrogens (tertiary/aromatic N) is 1. The molecule has 0 amide bonds. The summed E-state index contributed by atoms with van der Waals surface area (Å²) in [5, 5.41) is 12.4. The molecule has 1 aliphatic rings. The van der Waals surface area contributed by atoms with Gasteiger partial charge in [0, 0.05) is 40.6 Å². The van der Waals surface area contributed by atoms with Crippen LogP contribution in [0.25, 0.3) is 10.9 Å². The van der Waals surface area contributed by atoms with Crippen molar-refractivity contribution in [3.63, 3.8) is 0 Å². The van der Waals surface area contributed by atoms with Gasteiger partial charge in [-0.2, -0.15) is 0 Å². The number of rotatable bonds is 4. The van der Waals surface area contributed by atoms with Gasteiger partial charge in [-0.15, -0.1) is 0 Å². The maximum absolute atomic E-state index is 14.7. The van der Waals surface area contributed by atoms with E-state index >= 15 is 0 Å². The molecule has 1 atom stereocenters. The molecule has 3 aromatic rings. The molecule has 4 rings (SSSR count). The molecule has 0 saturated carbocycles. The minimum absolute atomic E-state index is 0. The van der Waals surface area contributed by atoms with Crippen molar-refractivity contribution >= 4 is 28.5 Å². The average Bonchev–Trinajstić information content (AvgIpc) is 2.91. The number of aromatic nitrogens is 1. The summed E-state index contributed by atoms with van der Waals surface area (Å²) < 4.78 is 30.4. The number of fused-ring (bicyclic) bond motifs is 3. The Morgan fingerprint density at radius 3 is 2.61 bits per heavy atom. The maximum Gasteiger partial charge on any atom is 1.00 e. The molecule has 1 heterocycles. The Labute approximate surface area is 188 Å². The molecular weight excluding hydrogens is 395 g/mol. The van der Waals surface area contributed by atoms with E-state index in [1.807, 2.05) is 12.1 Å². The smallest absolute Gasteiger partial charge is 0.550 e. The molecule has 0 fully saturated rings. The van der Waals surface area contributed by atoms with Crippen LogP contribution in [0.5, 0.6) is 0 Å². The Balaban J connectivity index is 0.00000225. The first kappa shape index (κ1) is 21.3. The molecule has 1 aromatic heterocycles. The molecule has 7 heteroatoms. The monoisotopic (exact) mass is 411 g/mol. The molecule has 0 saturated heterocycles. The molecular formula is C21H17ClF2NNaO2. The molecule has 2 aromatic carbocycles. The van der Waals surface area contributed by atoms with Crippen molar-refractivity contribution in [3.05, 3.63) is 69.9 Å². The first-order valence-electron chi connectivity index (χ1n) is 8.88. The van der Waals surface area contributed by atoms with Gasteiger partial charge in [-0.05, 0) is 55.0 Å². The molecule has 0 aliphatic heterocycles. The summed E-state index contributed by atoms with van der Waals surface area (Å²) in [7, 11) is 0. The van der Waals surface area contributed by atoms with E-state index in [0.29, 0.717) is 35.3 Å². The molecule has 0 unspecified atom stereocenters. The summed E-state index contributed by atoms with van der Waals surface area (Å²) in [5.74, 6) is -2.68. The van der Waals surface area contributed by atoms with Gasteiger partial charge in [0.15, 0.2) is 0 Å². The molecule has 3 nitrogen and oxygen atoms in total. The molecule has 0 N–H and O–H groups in total. The van der Waals surface area contributed by atoms with Crippen LogP contribution in [0.3, 0.4) is 0 Å². The molecule has 0 radical (unpaired) electrons. The summed E-state index contributed by atoms with van der Waals surface area (Å²) in [6.07, 6.45) is 2.01. The standard InChI is InChI=1S/C21H18ClF2NO2.Na/c22-14-6-4-12(5-7-14)11-25-20-13(8-19(26)27)2-1-3-16(20)17-9-15(23)10-18(24)21(17)25;/h4-7,9-10,13H,1-3,8,11H2,(H,26,27);/q;+1/p-1/t13-;/m0./s1. The van der Waals surface area contributed by atoms with Gasteiger partial charge in [-0.3, -0.25) is 0 Å². The second-order valence-corrected chi connectivity index (χ2v) is 7.46. The number of carbonyl (C=O) groups excluding carboxylic acids is 1. The molecule has 0 bridgehead atoms. The number of carbonyl (C=O) groups is 1. The number of benzene rings is 2. The molecule has 140 valence electrons. The van der Waals surface area contributed by atoms with Gasteiger partial charge in [0.2, 0.25) is 0 Å². The van der Waals surface area contributed by atoms with Crippen molar-refractivity contribution < 1.29 is 48.2 Å². The third-order valence-electron chi connectivity index (χ3n) is 5.26. The third kappa shape index (κ3) is 3.99.